The SMILES string of the molecule is C[C@@H](C#N)S(=O)(=O)F. The number of hydrogen-bond acceptors (Lipinski definition) is 3. The molecule has 0 amide bonds. The molecule has 8 heavy (non-hydrogen) atoms. The average Bonchev–Trinajstić information content (AvgIpc) is 1.62. The summed E-state index contributed by atoms with van der Waals surface area (Å²) in [5.41, 5.74) is 0. The summed E-state index contributed by atoms with van der Waals surface area (Å²) < 4.78 is 30.9. The van der Waals surface area contributed by atoms with Gasteiger partial charge in [0.2, 0.25) is 0 Å². The van der Waals surface area contributed by atoms with Crippen molar-refractivity contribution in [2.75, 3.05) is 0 Å². The van der Waals surface area contributed by atoms with Crippen LogP contribution < -0.4 is 0 Å². The Hall–Kier alpha value is -0.630. The molecule has 0 aliphatic heterocycles. The van der Waals surface area contributed by atoms with E-state index in [9.17, 15) is 12.3 Å². The molecule has 0 heterocycles. The number of hydrogen-bond donors (Lipinski definition) is 0. The molecule has 0 rings (SSSR count). The van der Waals surface area contributed by atoms with Crippen LogP contribution in [-0.2, 0) is 10.2 Å². The first-order valence-electron chi connectivity index (χ1n) is 1.81. The Morgan fingerprint density at radius 1 is 1.75 bits per heavy atom. The van der Waals surface area contributed by atoms with Crippen LogP contribution in [-0.4, -0.2) is 13.7 Å². The molecule has 5 heteroatoms. The van der Waals surface area contributed by atoms with Gasteiger partial charge in [0.05, 0.1) is 6.07 Å². The summed E-state index contributed by atoms with van der Waals surface area (Å²) in [6.07, 6.45) is 0. The maximum absolute atomic E-state index is 11.5. The molecule has 0 aromatic carbocycles. The second-order valence-electron chi connectivity index (χ2n) is 1.25. The summed E-state index contributed by atoms with van der Waals surface area (Å²) in [4.78, 5) is 0. The van der Waals surface area contributed by atoms with Crippen LogP contribution >= 0.6 is 0 Å². The predicted octanol–water partition coefficient (Wildman–Crippen LogP) is 0.198. The maximum Gasteiger partial charge on any atom is 0.318 e. The molecule has 0 unspecified atom stereocenters. The topological polar surface area (TPSA) is 57.9 Å². The Morgan fingerprint density at radius 3 is 2.12 bits per heavy atom. The molecule has 1 atom stereocenters. The lowest BCUT2D eigenvalue weighted by atomic mass is 10.5. The van der Waals surface area contributed by atoms with Gasteiger partial charge in [-0.25, -0.2) is 0 Å². The summed E-state index contributed by atoms with van der Waals surface area (Å²) in [6, 6.07) is 1.24. The van der Waals surface area contributed by atoms with Crippen LogP contribution in [0.15, 0.2) is 0 Å². The van der Waals surface area contributed by atoms with E-state index in [4.69, 9.17) is 5.26 Å². The Morgan fingerprint density at radius 2 is 2.12 bits per heavy atom. The summed E-state index contributed by atoms with van der Waals surface area (Å²) in [5, 5.41) is 6.26. The van der Waals surface area contributed by atoms with Crippen molar-refractivity contribution in [1.29, 1.82) is 5.26 Å². The van der Waals surface area contributed by atoms with Gasteiger partial charge in [-0.05, 0) is 6.92 Å². The van der Waals surface area contributed by atoms with Gasteiger partial charge < -0.3 is 0 Å². The van der Waals surface area contributed by atoms with Crippen molar-refractivity contribution in [2.24, 2.45) is 0 Å². The van der Waals surface area contributed by atoms with Crippen LogP contribution in [0.25, 0.3) is 0 Å². The number of halogens is 1. The first-order chi connectivity index (χ1) is 3.48. The predicted molar refractivity (Wildman–Crippen MR) is 25.1 cm³/mol. The Balaban J connectivity index is 4.34. The summed E-state index contributed by atoms with van der Waals surface area (Å²) >= 11 is 0. The highest BCUT2D eigenvalue weighted by molar-refractivity contribution is 7.87. The van der Waals surface area contributed by atoms with Crippen LogP contribution in [0, 0.1) is 11.3 Å². The second kappa shape index (κ2) is 2.09. The minimum absolute atomic E-state index is 0.981. The molecule has 0 fully saturated rings. The van der Waals surface area contributed by atoms with Crippen LogP contribution in [0.1, 0.15) is 6.92 Å². The van der Waals surface area contributed by atoms with Crippen molar-refractivity contribution in [2.45, 2.75) is 12.2 Å². The third-order valence-corrected chi connectivity index (χ3v) is 1.55. The third-order valence-electron chi connectivity index (χ3n) is 0.604. The molecule has 0 saturated carbocycles. The van der Waals surface area contributed by atoms with Gasteiger partial charge in [-0.3, -0.25) is 0 Å². The Labute approximate surface area is 46.9 Å². The first-order valence-corrected chi connectivity index (χ1v) is 3.26. The van der Waals surface area contributed by atoms with Crippen molar-refractivity contribution in [3.05, 3.63) is 0 Å². The minimum atomic E-state index is -4.61. The summed E-state index contributed by atoms with van der Waals surface area (Å²) in [6.45, 7) is 0.981. The molecule has 0 aliphatic rings. The molecule has 0 bridgehead atoms. The van der Waals surface area contributed by atoms with Gasteiger partial charge in [-0.2, -0.15) is 13.7 Å². The fourth-order valence-electron chi connectivity index (χ4n) is 0.0630. The van der Waals surface area contributed by atoms with Crippen molar-refractivity contribution < 1.29 is 12.3 Å². The van der Waals surface area contributed by atoms with Gasteiger partial charge in [0.1, 0.15) is 0 Å². The van der Waals surface area contributed by atoms with E-state index in [1.165, 1.54) is 6.07 Å². The van der Waals surface area contributed by atoms with E-state index in [1.54, 1.807) is 0 Å². The summed E-state index contributed by atoms with van der Waals surface area (Å²) in [5.74, 6) is 0. The lowest BCUT2D eigenvalue weighted by Crippen LogP contribution is -2.08. The number of rotatable bonds is 1. The molecule has 46 valence electrons. The van der Waals surface area contributed by atoms with Crippen LogP contribution in [0.2, 0.25) is 0 Å². The lowest BCUT2D eigenvalue weighted by Gasteiger charge is -1.88. The Bertz CT molecular complexity index is 202. The van der Waals surface area contributed by atoms with Crippen LogP contribution in [0.4, 0.5) is 3.89 Å². The van der Waals surface area contributed by atoms with Gasteiger partial charge in [-0.1, -0.05) is 0 Å². The van der Waals surface area contributed by atoms with Crippen LogP contribution in [0.5, 0.6) is 0 Å². The van der Waals surface area contributed by atoms with E-state index < -0.39 is 15.5 Å². The third kappa shape index (κ3) is 1.89. The zero-order valence-electron chi connectivity index (χ0n) is 4.13. The van der Waals surface area contributed by atoms with E-state index in [0.717, 1.165) is 6.92 Å². The van der Waals surface area contributed by atoms with Gasteiger partial charge >= 0.3 is 10.2 Å². The van der Waals surface area contributed by atoms with Gasteiger partial charge in [0, 0.05) is 0 Å². The molecule has 0 radical (unpaired) electrons. The van der Waals surface area contributed by atoms with Crippen molar-refractivity contribution in [1.82, 2.24) is 0 Å². The zero-order chi connectivity index (χ0) is 6.78. The van der Waals surface area contributed by atoms with Crippen molar-refractivity contribution in [3.63, 3.8) is 0 Å². The maximum atomic E-state index is 11.5. The normalized spacial score (nSPS) is 14.6. The highest BCUT2D eigenvalue weighted by Crippen LogP contribution is 1.99. The van der Waals surface area contributed by atoms with Crippen molar-refractivity contribution >= 4 is 10.2 Å². The average molecular weight is 137 g/mol. The van der Waals surface area contributed by atoms with Gasteiger partial charge in [0.25, 0.3) is 0 Å². The highest BCUT2D eigenvalue weighted by atomic mass is 32.3. The monoisotopic (exact) mass is 137 g/mol. The van der Waals surface area contributed by atoms with E-state index in [-0.39, 0.29) is 0 Å². The molecule has 0 aliphatic carbocycles. The number of nitrogens with zero attached hydrogens (tertiary/aromatic N) is 1. The Kier molecular flexibility index (Phi) is 1.93. The van der Waals surface area contributed by atoms with Crippen molar-refractivity contribution in [3.8, 4) is 6.07 Å². The molecular weight excluding hydrogens is 133 g/mol. The van der Waals surface area contributed by atoms with E-state index >= 15 is 0 Å². The molecule has 3 nitrogen and oxygen atoms in total. The fraction of sp³-hybridized carbons (Fsp3) is 0.667. The zero-order valence-corrected chi connectivity index (χ0v) is 4.94. The van der Waals surface area contributed by atoms with Gasteiger partial charge in [0.15, 0.2) is 5.25 Å². The first kappa shape index (κ1) is 7.37. The minimum Gasteiger partial charge on any atom is -0.197 e. The van der Waals surface area contributed by atoms with Gasteiger partial charge in [-0.15, -0.1) is 3.89 Å². The molecule has 0 N–H and O–H groups in total. The molecular formula is C3H4FNO2S. The molecule has 0 spiro atoms. The van der Waals surface area contributed by atoms with E-state index in [0.29, 0.717) is 0 Å². The molecule has 0 aromatic heterocycles. The lowest BCUT2D eigenvalue weighted by molar-refractivity contribution is 0.547. The van der Waals surface area contributed by atoms with E-state index in [1.807, 2.05) is 0 Å². The molecule has 0 saturated heterocycles. The summed E-state index contributed by atoms with van der Waals surface area (Å²) in [7, 11) is -4.61. The van der Waals surface area contributed by atoms with E-state index in [2.05, 4.69) is 0 Å². The largest absolute Gasteiger partial charge is 0.318 e. The standard InChI is InChI=1S/C3H4FNO2S/c1-3(2-5)8(4,6)7/h3H,1H3/t3-/m0/s1. The second-order valence-corrected chi connectivity index (χ2v) is 2.91. The fourth-order valence-corrected chi connectivity index (χ4v) is 0.189. The molecule has 0 aromatic rings. The van der Waals surface area contributed by atoms with Crippen LogP contribution in [0.3, 0.4) is 0 Å². The quantitative estimate of drug-likeness (QED) is 0.485. The smallest absolute Gasteiger partial charge is 0.197 e. The number of nitriles is 1. The highest BCUT2D eigenvalue weighted by Gasteiger charge is 2.17.